The molecule has 3 rings (SSSR count). The van der Waals surface area contributed by atoms with Crippen LogP contribution in [0.1, 0.15) is 5.56 Å². The van der Waals surface area contributed by atoms with Gasteiger partial charge in [-0.3, -0.25) is 5.32 Å². The molecule has 0 aliphatic rings. The Balaban J connectivity index is 1.66. The summed E-state index contributed by atoms with van der Waals surface area (Å²) in [4.78, 5) is 13.9. The first-order chi connectivity index (χ1) is 12.0. The molecule has 0 aliphatic heterocycles. The molecule has 1 aromatic heterocycles. The van der Waals surface area contributed by atoms with Gasteiger partial charge in [0.25, 0.3) is 0 Å². The molecule has 0 unspecified atom stereocenters. The van der Waals surface area contributed by atoms with E-state index in [0.717, 1.165) is 11.3 Å². The van der Waals surface area contributed by atoms with Crippen molar-refractivity contribution in [2.75, 3.05) is 12.4 Å². The maximum atomic E-state index is 12.3. The van der Waals surface area contributed by atoms with Gasteiger partial charge in [-0.2, -0.15) is 0 Å². The lowest BCUT2D eigenvalue weighted by Crippen LogP contribution is -2.31. The van der Waals surface area contributed by atoms with Crippen molar-refractivity contribution in [3.05, 3.63) is 76.4 Å². The molecule has 25 heavy (non-hydrogen) atoms. The molecule has 0 fully saturated rings. The van der Waals surface area contributed by atoms with E-state index in [1.54, 1.807) is 36.1 Å². The van der Waals surface area contributed by atoms with Crippen molar-refractivity contribution in [1.82, 2.24) is 14.7 Å². The Morgan fingerprint density at radius 2 is 1.88 bits per heavy atom. The van der Waals surface area contributed by atoms with E-state index in [4.69, 9.17) is 23.2 Å². The second-order valence-electron chi connectivity index (χ2n) is 5.48. The first-order valence-electron chi connectivity index (χ1n) is 7.60. The van der Waals surface area contributed by atoms with E-state index in [9.17, 15) is 4.79 Å². The number of hydrogen-bond acceptors (Lipinski definition) is 2. The minimum absolute atomic E-state index is 0.283. The third-order valence-corrected chi connectivity index (χ3v) is 4.49. The van der Waals surface area contributed by atoms with Gasteiger partial charge in [0.15, 0.2) is 5.82 Å². The normalized spacial score (nSPS) is 10.5. The summed E-state index contributed by atoms with van der Waals surface area (Å²) >= 11 is 12.2. The maximum Gasteiger partial charge on any atom is 0.323 e. The molecule has 0 aliphatic carbocycles. The number of hydrogen-bond donors (Lipinski definition) is 1. The Morgan fingerprint density at radius 1 is 1.12 bits per heavy atom. The standard InChI is InChI=1S/C18H16Cl2N4O/c1-23(12-13-6-5-9-15(19)17(13)20)18(25)21-16-10-11-24(22-16)14-7-3-2-4-8-14/h2-11H,12H2,1H3,(H,21,22,25). The Hall–Kier alpha value is -2.50. The fourth-order valence-corrected chi connectivity index (χ4v) is 2.70. The molecule has 1 N–H and O–H groups in total. The van der Waals surface area contributed by atoms with Crippen molar-refractivity contribution in [1.29, 1.82) is 0 Å². The number of aromatic nitrogens is 2. The van der Waals surface area contributed by atoms with Gasteiger partial charge in [-0.25, -0.2) is 9.48 Å². The number of amides is 2. The van der Waals surface area contributed by atoms with Crippen molar-refractivity contribution >= 4 is 35.1 Å². The van der Waals surface area contributed by atoms with Gasteiger partial charge in [-0.15, -0.1) is 5.10 Å². The monoisotopic (exact) mass is 374 g/mol. The van der Waals surface area contributed by atoms with Gasteiger partial charge in [0, 0.05) is 25.9 Å². The zero-order chi connectivity index (χ0) is 17.8. The van der Waals surface area contributed by atoms with Gasteiger partial charge in [-0.05, 0) is 23.8 Å². The van der Waals surface area contributed by atoms with Gasteiger partial charge in [-0.1, -0.05) is 53.5 Å². The van der Waals surface area contributed by atoms with Crippen molar-refractivity contribution in [2.45, 2.75) is 6.54 Å². The van der Waals surface area contributed by atoms with Gasteiger partial charge in [0.1, 0.15) is 0 Å². The van der Waals surface area contributed by atoms with Gasteiger partial charge >= 0.3 is 6.03 Å². The molecule has 128 valence electrons. The van der Waals surface area contributed by atoms with Crippen LogP contribution in [0, 0.1) is 0 Å². The van der Waals surface area contributed by atoms with Crippen LogP contribution in [0.2, 0.25) is 10.0 Å². The highest BCUT2D eigenvalue weighted by molar-refractivity contribution is 6.42. The Labute approximate surface area is 155 Å². The number of halogens is 2. The fourth-order valence-electron chi connectivity index (χ4n) is 2.32. The van der Waals surface area contributed by atoms with Crippen LogP contribution in [0.15, 0.2) is 60.8 Å². The zero-order valence-electron chi connectivity index (χ0n) is 13.5. The largest absolute Gasteiger partial charge is 0.323 e. The Bertz CT molecular complexity index is 880. The number of para-hydroxylation sites is 1. The zero-order valence-corrected chi connectivity index (χ0v) is 15.0. The molecule has 0 atom stereocenters. The second-order valence-corrected chi connectivity index (χ2v) is 6.27. The van der Waals surface area contributed by atoms with Crippen molar-refractivity contribution in [2.24, 2.45) is 0 Å². The molecule has 0 saturated carbocycles. The van der Waals surface area contributed by atoms with Crippen LogP contribution in [0.5, 0.6) is 0 Å². The average Bonchev–Trinajstić information content (AvgIpc) is 3.08. The number of nitrogens with one attached hydrogen (secondary N) is 1. The molecule has 0 bridgehead atoms. The minimum Gasteiger partial charge on any atom is -0.323 e. The number of carbonyl (C=O) groups is 1. The van der Waals surface area contributed by atoms with Crippen LogP contribution in [0.3, 0.4) is 0 Å². The lowest BCUT2D eigenvalue weighted by molar-refractivity contribution is 0.220. The molecule has 7 heteroatoms. The molecule has 3 aromatic rings. The van der Waals surface area contributed by atoms with E-state index >= 15 is 0 Å². The molecule has 5 nitrogen and oxygen atoms in total. The van der Waals surface area contributed by atoms with E-state index < -0.39 is 0 Å². The highest BCUT2D eigenvalue weighted by atomic mass is 35.5. The minimum atomic E-state index is -0.283. The van der Waals surface area contributed by atoms with Crippen LogP contribution in [-0.4, -0.2) is 27.8 Å². The van der Waals surface area contributed by atoms with E-state index in [0.29, 0.717) is 22.4 Å². The summed E-state index contributed by atoms with van der Waals surface area (Å²) in [6.45, 7) is 0.338. The molecular weight excluding hydrogens is 359 g/mol. The van der Waals surface area contributed by atoms with E-state index in [2.05, 4.69) is 10.4 Å². The number of rotatable bonds is 4. The van der Waals surface area contributed by atoms with Crippen LogP contribution in [0.25, 0.3) is 5.69 Å². The number of benzene rings is 2. The van der Waals surface area contributed by atoms with Crippen LogP contribution >= 0.6 is 23.2 Å². The van der Waals surface area contributed by atoms with Crippen LogP contribution in [-0.2, 0) is 6.54 Å². The first kappa shape index (κ1) is 17.3. The van der Waals surface area contributed by atoms with E-state index in [1.165, 1.54) is 4.90 Å². The van der Waals surface area contributed by atoms with Crippen LogP contribution < -0.4 is 5.32 Å². The van der Waals surface area contributed by atoms with E-state index in [-0.39, 0.29) is 6.03 Å². The smallest absolute Gasteiger partial charge is 0.323 e. The molecule has 2 aromatic carbocycles. The molecule has 0 radical (unpaired) electrons. The fraction of sp³-hybridized carbons (Fsp3) is 0.111. The highest BCUT2D eigenvalue weighted by Gasteiger charge is 2.13. The molecule has 1 heterocycles. The number of carbonyl (C=O) groups excluding carboxylic acids is 1. The SMILES string of the molecule is CN(Cc1cccc(Cl)c1Cl)C(=O)Nc1ccn(-c2ccccc2)n1. The van der Waals surface area contributed by atoms with Gasteiger partial charge in [0.05, 0.1) is 15.7 Å². The summed E-state index contributed by atoms with van der Waals surface area (Å²) in [6.07, 6.45) is 1.79. The highest BCUT2D eigenvalue weighted by Crippen LogP contribution is 2.26. The summed E-state index contributed by atoms with van der Waals surface area (Å²) in [5.41, 5.74) is 1.70. The summed E-state index contributed by atoms with van der Waals surface area (Å²) in [5, 5.41) is 8.04. The third kappa shape index (κ3) is 4.13. The summed E-state index contributed by atoms with van der Waals surface area (Å²) < 4.78 is 1.70. The number of urea groups is 1. The van der Waals surface area contributed by atoms with Gasteiger partial charge < -0.3 is 4.90 Å². The molecular formula is C18H16Cl2N4O. The molecule has 0 spiro atoms. The average molecular weight is 375 g/mol. The van der Waals surface area contributed by atoms with Crippen LogP contribution in [0.4, 0.5) is 10.6 Å². The van der Waals surface area contributed by atoms with E-state index in [1.807, 2.05) is 36.4 Å². The third-order valence-electron chi connectivity index (χ3n) is 3.63. The van der Waals surface area contributed by atoms with Crippen molar-refractivity contribution in [3.63, 3.8) is 0 Å². The predicted octanol–water partition coefficient (Wildman–Crippen LogP) is 4.84. The van der Waals surface area contributed by atoms with Gasteiger partial charge in [0.2, 0.25) is 0 Å². The summed E-state index contributed by atoms with van der Waals surface area (Å²) in [5.74, 6) is 0.470. The quantitative estimate of drug-likeness (QED) is 0.709. The van der Waals surface area contributed by atoms with Crippen molar-refractivity contribution in [3.8, 4) is 5.69 Å². The topological polar surface area (TPSA) is 50.2 Å². The molecule has 2 amide bonds. The maximum absolute atomic E-state index is 12.3. The predicted molar refractivity (Wildman–Crippen MR) is 101 cm³/mol. The first-order valence-corrected chi connectivity index (χ1v) is 8.36. The number of anilines is 1. The summed E-state index contributed by atoms with van der Waals surface area (Å²) in [7, 11) is 1.68. The van der Waals surface area contributed by atoms with Crippen molar-refractivity contribution < 1.29 is 4.79 Å². The molecule has 0 saturated heterocycles. The number of nitrogens with zero attached hydrogens (tertiary/aromatic N) is 3. The summed E-state index contributed by atoms with van der Waals surface area (Å²) in [6, 6.07) is 16.5. The Kier molecular flexibility index (Phi) is 5.26. The second kappa shape index (κ2) is 7.59. The lowest BCUT2D eigenvalue weighted by Gasteiger charge is -2.18. The Morgan fingerprint density at radius 3 is 2.64 bits per heavy atom. The lowest BCUT2D eigenvalue weighted by atomic mass is 10.2.